The van der Waals surface area contributed by atoms with Gasteiger partial charge >= 0.3 is 0 Å². The van der Waals surface area contributed by atoms with E-state index in [0.717, 1.165) is 11.3 Å². The molecular weight excluding hydrogens is 312 g/mol. The molecule has 0 unspecified atom stereocenters. The summed E-state index contributed by atoms with van der Waals surface area (Å²) in [5.74, 6) is -0.279. The van der Waals surface area contributed by atoms with Crippen molar-refractivity contribution in [2.75, 3.05) is 11.9 Å². The third-order valence-electron chi connectivity index (χ3n) is 3.95. The fourth-order valence-electron chi connectivity index (χ4n) is 2.45. The molecule has 2 N–H and O–H groups in total. The van der Waals surface area contributed by atoms with Crippen LogP contribution in [0.25, 0.3) is 0 Å². The monoisotopic (exact) mass is 338 g/mol. The molecule has 2 aromatic carbocycles. The maximum absolute atomic E-state index is 12.0. The second-order valence-corrected chi connectivity index (χ2v) is 7.25. The number of rotatable bonds is 5. The topological polar surface area (TPSA) is 58.2 Å². The SMILES string of the molecule is Cc1cccc(C(=O)NCCC(=O)Nc2ccc(C(C)(C)C)cc2)c1. The van der Waals surface area contributed by atoms with Gasteiger partial charge in [-0.3, -0.25) is 9.59 Å². The Bertz CT molecular complexity index is 743. The third-order valence-corrected chi connectivity index (χ3v) is 3.95. The normalized spacial score (nSPS) is 11.0. The molecule has 132 valence electrons. The Morgan fingerprint density at radius 1 is 1.00 bits per heavy atom. The zero-order chi connectivity index (χ0) is 18.4. The summed E-state index contributed by atoms with van der Waals surface area (Å²) in [6.07, 6.45) is 0.235. The molecule has 2 amide bonds. The number of carbonyl (C=O) groups is 2. The van der Waals surface area contributed by atoms with Crippen LogP contribution in [0.2, 0.25) is 0 Å². The smallest absolute Gasteiger partial charge is 0.251 e. The maximum Gasteiger partial charge on any atom is 0.251 e. The van der Waals surface area contributed by atoms with Gasteiger partial charge in [0.2, 0.25) is 5.91 Å². The average Bonchev–Trinajstić information content (AvgIpc) is 2.54. The molecule has 0 fully saturated rings. The van der Waals surface area contributed by atoms with Crippen LogP contribution in [-0.4, -0.2) is 18.4 Å². The molecule has 25 heavy (non-hydrogen) atoms. The first-order chi connectivity index (χ1) is 11.8. The number of hydrogen-bond acceptors (Lipinski definition) is 2. The van der Waals surface area contributed by atoms with Crippen LogP contribution in [0.5, 0.6) is 0 Å². The molecule has 0 aromatic heterocycles. The van der Waals surface area contributed by atoms with E-state index in [1.807, 2.05) is 49.4 Å². The summed E-state index contributed by atoms with van der Waals surface area (Å²) in [7, 11) is 0. The quantitative estimate of drug-likeness (QED) is 0.864. The Morgan fingerprint density at radius 2 is 1.68 bits per heavy atom. The van der Waals surface area contributed by atoms with Crippen molar-refractivity contribution in [2.24, 2.45) is 0 Å². The van der Waals surface area contributed by atoms with Gasteiger partial charge in [-0.25, -0.2) is 0 Å². The molecule has 0 heterocycles. The fraction of sp³-hybridized carbons (Fsp3) is 0.333. The molecule has 0 atom stereocenters. The van der Waals surface area contributed by atoms with Crippen molar-refractivity contribution in [3.05, 3.63) is 65.2 Å². The molecule has 0 aliphatic heterocycles. The summed E-state index contributed by atoms with van der Waals surface area (Å²) < 4.78 is 0. The molecule has 0 bridgehead atoms. The molecule has 0 radical (unpaired) electrons. The van der Waals surface area contributed by atoms with E-state index in [0.29, 0.717) is 12.1 Å². The molecule has 4 heteroatoms. The molecule has 2 aromatic rings. The molecule has 0 aliphatic carbocycles. The number of hydrogen-bond donors (Lipinski definition) is 2. The number of anilines is 1. The van der Waals surface area contributed by atoms with Gasteiger partial charge < -0.3 is 10.6 Å². The van der Waals surface area contributed by atoms with Crippen LogP contribution in [0.3, 0.4) is 0 Å². The van der Waals surface area contributed by atoms with Crippen molar-refractivity contribution in [3.63, 3.8) is 0 Å². The van der Waals surface area contributed by atoms with Gasteiger partial charge in [0.1, 0.15) is 0 Å². The van der Waals surface area contributed by atoms with Crippen molar-refractivity contribution < 1.29 is 9.59 Å². The van der Waals surface area contributed by atoms with Gasteiger partial charge in [-0.1, -0.05) is 50.6 Å². The minimum absolute atomic E-state index is 0.0859. The molecule has 0 spiro atoms. The Balaban J connectivity index is 1.80. The summed E-state index contributed by atoms with van der Waals surface area (Å²) in [5.41, 5.74) is 3.71. The highest BCUT2D eigenvalue weighted by atomic mass is 16.2. The summed E-state index contributed by atoms with van der Waals surface area (Å²) in [5, 5.41) is 5.63. The summed E-state index contributed by atoms with van der Waals surface area (Å²) in [6, 6.07) is 15.2. The van der Waals surface area contributed by atoms with Crippen LogP contribution in [0.4, 0.5) is 5.69 Å². The van der Waals surface area contributed by atoms with Crippen molar-refractivity contribution in [1.82, 2.24) is 5.32 Å². The Labute approximate surface area is 149 Å². The van der Waals surface area contributed by atoms with Crippen molar-refractivity contribution in [1.29, 1.82) is 0 Å². The first-order valence-corrected chi connectivity index (χ1v) is 8.51. The van der Waals surface area contributed by atoms with Crippen LogP contribution in [0.15, 0.2) is 48.5 Å². The first-order valence-electron chi connectivity index (χ1n) is 8.51. The molecule has 2 rings (SSSR count). The third kappa shape index (κ3) is 5.75. The van der Waals surface area contributed by atoms with Crippen LogP contribution >= 0.6 is 0 Å². The predicted molar refractivity (Wildman–Crippen MR) is 102 cm³/mol. The van der Waals surface area contributed by atoms with Gasteiger partial charge in [-0.05, 0) is 42.2 Å². The Morgan fingerprint density at radius 3 is 2.28 bits per heavy atom. The van der Waals surface area contributed by atoms with Crippen LogP contribution in [-0.2, 0) is 10.2 Å². The van der Waals surface area contributed by atoms with E-state index < -0.39 is 0 Å². The summed E-state index contributed by atoms with van der Waals surface area (Å²) in [6.45, 7) is 8.69. The predicted octanol–water partition coefficient (Wildman–Crippen LogP) is 4.05. The van der Waals surface area contributed by atoms with E-state index in [1.165, 1.54) is 5.56 Å². The highest BCUT2D eigenvalue weighted by Crippen LogP contribution is 2.23. The molecular formula is C21H26N2O2. The number of benzene rings is 2. The fourth-order valence-corrected chi connectivity index (χ4v) is 2.45. The van der Waals surface area contributed by atoms with E-state index in [4.69, 9.17) is 0 Å². The number of amides is 2. The van der Waals surface area contributed by atoms with E-state index in [2.05, 4.69) is 31.4 Å². The Hall–Kier alpha value is -2.62. The summed E-state index contributed by atoms with van der Waals surface area (Å²) in [4.78, 5) is 24.0. The van der Waals surface area contributed by atoms with Gasteiger partial charge in [0, 0.05) is 24.2 Å². The highest BCUT2D eigenvalue weighted by Gasteiger charge is 2.13. The van der Waals surface area contributed by atoms with Gasteiger partial charge in [0.25, 0.3) is 5.91 Å². The lowest BCUT2D eigenvalue weighted by molar-refractivity contribution is -0.116. The molecule has 0 saturated heterocycles. The lowest BCUT2D eigenvalue weighted by atomic mass is 9.87. The second kappa shape index (κ2) is 7.97. The zero-order valence-electron chi connectivity index (χ0n) is 15.3. The lowest BCUT2D eigenvalue weighted by Crippen LogP contribution is -2.27. The summed E-state index contributed by atoms with van der Waals surface area (Å²) >= 11 is 0. The highest BCUT2D eigenvalue weighted by molar-refractivity contribution is 5.95. The first kappa shape index (κ1) is 18.7. The number of carbonyl (C=O) groups excluding carboxylic acids is 2. The van der Waals surface area contributed by atoms with E-state index in [9.17, 15) is 9.59 Å². The maximum atomic E-state index is 12.0. The lowest BCUT2D eigenvalue weighted by Gasteiger charge is -2.19. The molecule has 0 saturated carbocycles. The van der Waals surface area contributed by atoms with Gasteiger partial charge in [0.15, 0.2) is 0 Å². The minimum atomic E-state index is -0.161. The van der Waals surface area contributed by atoms with Gasteiger partial charge in [0.05, 0.1) is 0 Å². The zero-order valence-corrected chi connectivity index (χ0v) is 15.3. The van der Waals surface area contributed by atoms with Gasteiger partial charge in [-0.2, -0.15) is 0 Å². The van der Waals surface area contributed by atoms with Gasteiger partial charge in [-0.15, -0.1) is 0 Å². The average molecular weight is 338 g/mol. The van der Waals surface area contributed by atoms with Crippen molar-refractivity contribution >= 4 is 17.5 Å². The van der Waals surface area contributed by atoms with E-state index >= 15 is 0 Å². The number of aryl methyl sites for hydroxylation is 1. The van der Waals surface area contributed by atoms with E-state index in [1.54, 1.807) is 6.07 Å². The van der Waals surface area contributed by atoms with Crippen LogP contribution < -0.4 is 10.6 Å². The Kier molecular flexibility index (Phi) is 5.97. The van der Waals surface area contributed by atoms with Crippen molar-refractivity contribution in [3.8, 4) is 0 Å². The molecule has 4 nitrogen and oxygen atoms in total. The largest absolute Gasteiger partial charge is 0.352 e. The second-order valence-electron chi connectivity index (χ2n) is 7.25. The van der Waals surface area contributed by atoms with Crippen LogP contribution in [0, 0.1) is 6.92 Å². The van der Waals surface area contributed by atoms with E-state index in [-0.39, 0.29) is 23.7 Å². The minimum Gasteiger partial charge on any atom is -0.352 e. The molecule has 0 aliphatic rings. The van der Waals surface area contributed by atoms with Crippen LogP contribution in [0.1, 0.15) is 48.7 Å². The number of nitrogens with one attached hydrogen (secondary N) is 2. The van der Waals surface area contributed by atoms with Crippen molar-refractivity contribution in [2.45, 2.75) is 39.5 Å². The standard InChI is InChI=1S/C21H26N2O2/c1-15-6-5-7-16(14-15)20(25)22-13-12-19(24)23-18-10-8-17(9-11-18)21(2,3)4/h5-11,14H,12-13H2,1-4H3,(H,22,25)(H,23,24).